The molecule has 3 nitrogen and oxygen atoms in total. The Balaban J connectivity index is 2.65. The summed E-state index contributed by atoms with van der Waals surface area (Å²) in [5.41, 5.74) is 2.10. The summed E-state index contributed by atoms with van der Waals surface area (Å²) in [6, 6.07) is 6.29. The topological polar surface area (TPSA) is 40.7 Å². The fourth-order valence-corrected chi connectivity index (χ4v) is 1.73. The monoisotopic (exact) mass is 209 g/mol. The van der Waals surface area contributed by atoms with Crippen LogP contribution in [0, 0.1) is 0 Å². The number of nitrogens with one attached hydrogen (secondary N) is 2. The number of nitrogens with zero attached hydrogens (tertiary/aromatic N) is 1. The molecule has 1 heterocycles. The standard InChI is InChI=1S/C10H12ClN3/c1-6(12-2)7-4-3-5-8-9(7)13-14-10(8)11/h3-6,12H,1-2H3,(H,13,14). The first-order valence-electron chi connectivity index (χ1n) is 4.53. The van der Waals surface area contributed by atoms with E-state index in [1.54, 1.807) is 0 Å². The molecule has 0 bridgehead atoms. The lowest BCUT2D eigenvalue weighted by atomic mass is 10.1. The van der Waals surface area contributed by atoms with Crippen molar-refractivity contribution in [3.05, 3.63) is 28.9 Å². The minimum Gasteiger partial charge on any atom is -0.313 e. The molecule has 0 aliphatic rings. The highest BCUT2D eigenvalue weighted by Gasteiger charge is 2.11. The average Bonchev–Trinajstić information content (AvgIpc) is 2.59. The molecule has 0 amide bonds. The third-order valence-corrected chi connectivity index (χ3v) is 2.76. The highest BCUT2D eigenvalue weighted by atomic mass is 35.5. The molecule has 0 radical (unpaired) electrons. The van der Waals surface area contributed by atoms with E-state index in [9.17, 15) is 0 Å². The van der Waals surface area contributed by atoms with Crippen LogP contribution >= 0.6 is 11.6 Å². The second kappa shape index (κ2) is 3.59. The molecule has 2 aromatic rings. The first-order chi connectivity index (χ1) is 6.74. The maximum Gasteiger partial charge on any atom is 0.132 e. The quantitative estimate of drug-likeness (QED) is 0.798. The summed E-state index contributed by atoms with van der Waals surface area (Å²) in [5.74, 6) is 0. The molecule has 74 valence electrons. The summed E-state index contributed by atoms with van der Waals surface area (Å²) in [4.78, 5) is 0. The Kier molecular flexibility index (Phi) is 2.44. The number of halogens is 1. The van der Waals surface area contributed by atoms with Crippen molar-refractivity contribution >= 4 is 22.5 Å². The first kappa shape index (κ1) is 9.49. The second-order valence-corrected chi connectivity index (χ2v) is 3.67. The van der Waals surface area contributed by atoms with Crippen molar-refractivity contribution in [1.29, 1.82) is 0 Å². The van der Waals surface area contributed by atoms with Crippen LogP contribution in [0.1, 0.15) is 18.5 Å². The molecule has 2 N–H and O–H groups in total. The van der Waals surface area contributed by atoms with E-state index in [4.69, 9.17) is 11.6 Å². The predicted octanol–water partition coefficient (Wildman–Crippen LogP) is 2.50. The van der Waals surface area contributed by atoms with Crippen LogP contribution in [0.4, 0.5) is 0 Å². The van der Waals surface area contributed by atoms with Crippen LogP contribution in [-0.4, -0.2) is 17.2 Å². The van der Waals surface area contributed by atoms with Crippen LogP contribution in [0.15, 0.2) is 18.2 Å². The zero-order valence-corrected chi connectivity index (χ0v) is 8.89. The van der Waals surface area contributed by atoms with E-state index in [2.05, 4.69) is 28.5 Å². The Labute approximate surface area is 87.5 Å². The van der Waals surface area contributed by atoms with Gasteiger partial charge in [-0.15, -0.1) is 0 Å². The molecule has 2 rings (SSSR count). The number of aromatic nitrogens is 2. The van der Waals surface area contributed by atoms with Gasteiger partial charge in [0.15, 0.2) is 0 Å². The van der Waals surface area contributed by atoms with Crippen molar-refractivity contribution in [3.8, 4) is 0 Å². The molecule has 1 atom stereocenters. The van der Waals surface area contributed by atoms with E-state index >= 15 is 0 Å². The summed E-state index contributed by atoms with van der Waals surface area (Å²) in [7, 11) is 1.93. The Morgan fingerprint density at radius 2 is 2.29 bits per heavy atom. The van der Waals surface area contributed by atoms with Gasteiger partial charge >= 0.3 is 0 Å². The summed E-state index contributed by atoms with van der Waals surface area (Å²) in [6.07, 6.45) is 0. The number of fused-ring (bicyclic) bond motifs is 1. The van der Waals surface area contributed by atoms with Gasteiger partial charge in [0, 0.05) is 11.4 Å². The third-order valence-electron chi connectivity index (χ3n) is 2.47. The number of para-hydroxylation sites is 1. The molecule has 1 aromatic heterocycles. The Bertz CT molecular complexity index is 450. The molecule has 0 aliphatic heterocycles. The van der Waals surface area contributed by atoms with Crippen LogP contribution in [0.5, 0.6) is 0 Å². The van der Waals surface area contributed by atoms with Gasteiger partial charge in [0.1, 0.15) is 5.15 Å². The van der Waals surface area contributed by atoms with Gasteiger partial charge in [-0.05, 0) is 25.6 Å². The number of hydrogen-bond acceptors (Lipinski definition) is 2. The van der Waals surface area contributed by atoms with Gasteiger partial charge in [-0.1, -0.05) is 23.7 Å². The largest absolute Gasteiger partial charge is 0.313 e. The van der Waals surface area contributed by atoms with Crippen molar-refractivity contribution in [2.75, 3.05) is 7.05 Å². The van der Waals surface area contributed by atoms with Crippen LogP contribution < -0.4 is 5.32 Å². The highest BCUT2D eigenvalue weighted by Crippen LogP contribution is 2.26. The van der Waals surface area contributed by atoms with E-state index in [-0.39, 0.29) is 6.04 Å². The van der Waals surface area contributed by atoms with E-state index in [1.807, 2.05) is 19.2 Å². The Morgan fingerprint density at radius 1 is 1.50 bits per heavy atom. The van der Waals surface area contributed by atoms with E-state index in [0.29, 0.717) is 5.15 Å². The second-order valence-electron chi connectivity index (χ2n) is 3.29. The van der Waals surface area contributed by atoms with Gasteiger partial charge in [-0.3, -0.25) is 5.10 Å². The molecule has 1 unspecified atom stereocenters. The lowest BCUT2D eigenvalue weighted by molar-refractivity contribution is 0.656. The number of benzene rings is 1. The fourth-order valence-electron chi connectivity index (χ4n) is 1.53. The molecule has 4 heteroatoms. The average molecular weight is 210 g/mol. The maximum atomic E-state index is 5.95. The van der Waals surface area contributed by atoms with Crippen molar-refractivity contribution in [2.24, 2.45) is 0 Å². The van der Waals surface area contributed by atoms with Gasteiger partial charge in [0.2, 0.25) is 0 Å². The van der Waals surface area contributed by atoms with Gasteiger partial charge in [0.25, 0.3) is 0 Å². The minimum atomic E-state index is 0.276. The van der Waals surface area contributed by atoms with Crippen LogP contribution in [0.3, 0.4) is 0 Å². The molecule has 0 saturated heterocycles. The molecule has 0 fully saturated rings. The highest BCUT2D eigenvalue weighted by molar-refractivity contribution is 6.34. The molecule has 14 heavy (non-hydrogen) atoms. The predicted molar refractivity (Wildman–Crippen MR) is 58.6 cm³/mol. The van der Waals surface area contributed by atoms with Crippen LogP contribution in [0.2, 0.25) is 5.15 Å². The number of aromatic amines is 1. The van der Waals surface area contributed by atoms with Crippen molar-refractivity contribution in [3.63, 3.8) is 0 Å². The Morgan fingerprint density at radius 3 is 3.00 bits per heavy atom. The molecular weight excluding hydrogens is 198 g/mol. The van der Waals surface area contributed by atoms with E-state index in [0.717, 1.165) is 16.5 Å². The lowest BCUT2D eigenvalue weighted by Crippen LogP contribution is -2.12. The zero-order chi connectivity index (χ0) is 10.1. The molecule has 0 saturated carbocycles. The van der Waals surface area contributed by atoms with Crippen molar-refractivity contribution in [1.82, 2.24) is 15.5 Å². The molecular formula is C10H12ClN3. The van der Waals surface area contributed by atoms with Crippen molar-refractivity contribution in [2.45, 2.75) is 13.0 Å². The normalized spacial score (nSPS) is 13.4. The Hall–Kier alpha value is -1.06. The summed E-state index contributed by atoms with van der Waals surface area (Å²) in [6.45, 7) is 2.09. The summed E-state index contributed by atoms with van der Waals surface area (Å²) >= 11 is 5.95. The molecule has 0 aliphatic carbocycles. The molecule has 1 aromatic carbocycles. The number of rotatable bonds is 2. The van der Waals surface area contributed by atoms with Crippen LogP contribution in [-0.2, 0) is 0 Å². The van der Waals surface area contributed by atoms with Crippen LogP contribution in [0.25, 0.3) is 10.9 Å². The smallest absolute Gasteiger partial charge is 0.132 e. The van der Waals surface area contributed by atoms with Gasteiger partial charge in [0.05, 0.1) is 5.52 Å². The maximum absolute atomic E-state index is 5.95. The molecule has 0 spiro atoms. The first-order valence-corrected chi connectivity index (χ1v) is 4.91. The lowest BCUT2D eigenvalue weighted by Gasteiger charge is -2.10. The number of H-pyrrole nitrogens is 1. The van der Waals surface area contributed by atoms with Crippen molar-refractivity contribution < 1.29 is 0 Å². The summed E-state index contributed by atoms with van der Waals surface area (Å²) < 4.78 is 0. The number of hydrogen-bond donors (Lipinski definition) is 2. The SMILES string of the molecule is CNC(C)c1cccc2c(Cl)[nH]nc12. The van der Waals surface area contributed by atoms with Gasteiger partial charge < -0.3 is 5.32 Å². The van der Waals surface area contributed by atoms with E-state index in [1.165, 1.54) is 0 Å². The third kappa shape index (κ3) is 1.38. The fraction of sp³-hybridized carbons (Fsp3) is 0.300. The van der Waals surface area contributed by atoms with E-state index < -0.39 is 0 Å². The van der Waals surface area contributed by atoms with Gasteiger partial charge in [-0.25, -0.2) is 0 Å². The minimum absolute atomic E-state index is 0.276. The van der Waals surface area contributed by atoms with Gasteiger partial charge in [-0.2, -0.15) is 5.10 Å². The zero-order valence-electron chi connectivity index (χ0n) is 8.13. The summed E-state index contributed by atoms with van der Waals surface area (Å²) in [5, 5.41) is 11.7.